The second kappa shape index (κ2) is 7.20. The van der Waals surface area contributed by atoms with Gasteiger partial charge in [-0.2, -0.15) is 0 Å². The van der Waals surface area contributed by atoms with Gasteiger partial charge in [-0.15, -0.1) is 10.2 Å². The zero-order valence-electron chi connectivity index (χ0n) is 14.7. The highest BCUT2D eigenvalue weighted by Crippen LogP contribution is 2.39. The number of amides is 2. The van der Waals surface area contributed by atoms with Crippen LogP contribution in [0.1, 0.15) is 32.2 Å². The van der Waals surface area contributed by atoms with Crippen molar-refractivity contribution >= 4 is 45.6 Å². The Morgan fingerprint density at radius 1 is 1.38 bits per heavy atom. The molecule has 2 amide bonds. The summed E-state index contributed by atoms with van der Waals surface area (Å²) in [6.45, 7) is 5.59. The SMILES string of the molecule is CCc1nnc(NC(=O)CCN2C(=O)C(C)(C)Oc3ccc(Cl)cc32)s1. The van der Waals surface area contributed by atoms with Gasteiger partial charge in [0.2, 0.25) is 11.0 Å². The van der Waals surface area contributed by atoms with Crippen molar-refractivity contribution in [2.45, 2.75) is 39.2 Å². The van der Waals surface area contributed by atoms with Crippen molar-refractivity contribution in [3.05, 3.63) is 28.2 Å². The highest BCUT2D eigenvalue weighted by Gasteiger charge is 2.40. The van der Waals surface area contributed by atoms with Crippen molar-refractivity contribution < 1.29 is 14.3 Å². The summed E-state index contributed by atoms with van der Waals surface area (Å²) in [5.74, 6) is 0.116. The minimum absolute atomic E-state index is 0.120. The van der Waals surface area contributed by atoms with Crippen LogP contribution in [0.25, 0.3) is 0 Å². The van der Waals surface area contributed by atoms with Crippen molar-refractivity contribution in [1.82, 2.24) is 10.2 Å². The standard InChI is InChI=1S/C17H19ClN4O3S/c1-4-14-20-21-16(26-14)19-13(23)7-8-22-11-9-10(18)5-6-12(11)25-17(2,3)15(22)24/h5-6,9H,4,7-8H2,1-3H3,(H,19,21,23). The van der Waals surface area contributed by atoms with E-state index < -0.39 is 5.60 Å². The quantitative estimate of drug-likeness (QED) is 0.841. The van der Waals surface area contributed by atoms with E-state index in [1.807, 2.05) is 6.92 Å². The number of hydrogen-bond acceptors (Lipinski definition) is 6. The molecule has 7 nitrogen and oxygen atoms in total. The Hall–Kier alpha value is -2.19. The highest BCUT2D eigenvalue weighted by atomic mass is 35.5. The Morgan fingerprint density at radius 2 is 2.15 bits per heavy atom. The van der Waals surface area contributed by atoms with E-state index in [0.29, 0.717) is 21.6 Å². The first-order valence-corrected chi connectivity index (χ1v) is 9.42. The summed E-state index contributed by atoms with van der Waals surface area (Å²) < 4.78 is 5.77. The molecule has 0 atom stereocenters. The zero-order chi connectivity index (χ0) is 18.9. The largest absolute Gasteiger partial charge is 0.476 e. The van der Waals surface area contributed by atoms with Gasteiger partial charge >= 0.3 is 0 Å². The molecule has 26 heavy (non-hydrogen) atoms. The topological polar surface area (TPSA) is 84.4 Å². The number of aromatic nitrogens is 2. The first-order chi connectivity index (χ1) is 12.3. The van der Waals surface area contributed by atoms with Gasteiger partial charge in [-0.05, 0) is 38.5 Å². The van der Waals surface area contributed by atoms with Gasteiger partial charge in [0.05, 0.1) is 5.69 Å². The van der Waals surface area contributed by atoms with E-state index in [2.05, 4.69) is 15.5 Å². The lowest BCUT2D eigenvalue weighted by Gasteiger charge is -2.38. The maximum absolute atomic E-state index is 12.7. The summed E-state index contributed by atoms with van der Waals surface area (Å²) in [7, 11) is 0. The lowest BCUT2D eigenvalue weighted by molar-refractivity contribution is -0.132. The molecule has 0 saturated heterocycles. The van der Waals surface area contributed by atoms with Crippen molar-refractivity contribution in [1.29, 1.82) is 0 Å². The number of ether oxygens (including phenoxy) is 1. The van der Waals surface area contributed by atoms with Gasteiger partial charge in [0.25, 0.3) is 5.91 Å². The molecule has 0 spiro atoms. The number of anilines is 2. The molecular weight excluding hydrogens is 376 g/mol. The van der Waals surface area contributed by atoms with E-state index in [1.54, 1.807) is 36.9 Å². The van der Waals surface area contributed by atoms with Crippen LogP contribution < -0.4 is 15.0 Å². The van der Waals surface area contributed by atoms with Crippen LogP contribution in [0.4, 0.5) is 10.8 Å². The predicted octanol–water partition coefficient (Wildman–Crippen LogP) is 3.29. The van der Waals surface area contributed by atoms with Crippen LogP contribution in [-0.4, -0.2) is 34.2 Å². The fourth-order valence-electron chi connectivity index (χ4n) is 2.60. The van der Waals surface area contributed by atoms with Crippen molar-refractivity contribution in [2.75, 3.05) is 16.8 Å². The number of benzene rings is 1. The van der Waals surface area contributed by atoms with Gasteiger partial charge in [-0.25, -0.2) is 0 Å². The fourth-order valence-corrected chi connectivity index (χ4v) is 3.47. The van der Waals surface area contributed by atoms with Gasteiger partial charge < -0.3 is 15.0 Å². The molecular formula is C17H19ClN4O3S. The molecule has 0 saturated carbocycles. The van der Waals surface area contributed by atoms with Crippen molar-refractivity contribution in [3.8, 4) is 5.75 Å². The van der Waals surface area contributed by atoms with Gasteiger partial charge in [0.1, 0.15) is 10.8 Å². The molecule has 9 heteroatoms. The fraction of sp³-hybridized carbons (Fsp3) is 0.412. The third-order valence-electron chi connectivity index (χ3n) is 3.92. The van der Waals surface area contributed by atoms with Crippen LogP contribution in [-0.2, 0) is 16.0 Å². The van der Waals surface area contributed by atoms with Crippen molar-refractivity contribution in [3.63, 3.8) is 0 Å². The van der Waals surface area contributed by atoms with E-state index >= 15 is 0 Å². The van der Waals surface area contributed by atoms with Crippen LogP contribution in [0, 0.1) is 0 Å². The van der Waals surface area contributed by atoms with Gasteiger partial charge in [-0.3, -0.25) is 9.59 Å². The molecule has 1 aromatic heterocycles. The summed E-state index contributed by atoms with van der Waals surface area (Å²) in [5, 5.41) is 12.4. The normalized spacial score (nSPS) is 15.4. The number of carbonyl (C=O) groups excluding carboxylic acids is 2. The van der Waals surface area contributed by atoms with E-state index in [4.69, 9.17) is 16.3 Å². The Labute approximate surface area is 160 Å². The molecule has 2 heterocycles. The monoisotopic (exact) mass is 394 g/mol. The molecule has 1 N–H and O–H groups in total. The maximum atomic E-state index is 12.7. The maximum Gasteiger partial charge on any atom is 0.270 e. The Kier molecular flexibility index (Phi) is 5.15. The number of nitrogens with zero attached hydrogens (tertiary/aromatic N) is 3. The second-order valence-corrected chi connectivity index (χ2v) is 7.83. The summed E-state index contributed by atoms with van der Waals surface area (Å²) in [4.78, 5) is 26.5. The number of aryl methyl sites for hydroxylation is 1. The van der Waals surface area contributed by atoms with E-state index in [-0.39, 0.29) is 24.8 Å². The summed E-state index contributed by atoms with van der Waals surface area (Å²) in [5.41, 5.74) is -0.439. The first kappa shape index (κ1) is 18.6. The first-order valence-electron chi connectivity index (χ1n) is 8.23. The number of rotatable bonds is 5. The third kappa shape index (κ3) is 3.81. The highest BCUT2D eigenvalue weighted by molar-refractivity contribution is 7.15. The number of carbonyl (C=O) groups is 2. The molecule has 0 fully saturated rings. The summed E-state index contributed by atoms with van der Waals surface area (Å²) >= 11 is 7.40. The van der Waals surface area contributed by atoms with E-state index in [1.165, 1.54) is 11.3 Å². The van der Waals surface area contributed by atoms with E-state index in [9.17, 15) is 9.59 Å². The van der Waals surface area contributed by atoms with Crippen LogP contribution in [0.2, 0.25) is 5.02 Å². The van der Waals surface area contributed by atoms with Crippen LogP contribution in [0.15, 0.2) is 18.2 Å². The van der Waals surface area contributed by atoms with E-state index in [0.717, 1.165) is 11.4 Å². The molecule has 0 unspecified atom stereocenters. The molecule has 1 aliphatic heterocycles. The average Bonchev–Trinajstić information content (AvgIpc) is 3.03. The van der Waals surface area contributed by atoms with Crippen molar-refractivity contribution in [2.24, 2.45) is 0 Å². The molecule has 0 aliphatic carbocycles. The zero-order valence-corrected chi connectivity index (χ0v) is 16.3. The Balaban J connectivity index is 1.72. The van der Waals surface area contributed by atoms with Crippen LogP contribution in [0.3, 0.4) is 0 Å². The number of fused-ring (bicyclic) bond motifs is 1. The minimum atomic E-state index is -1.01. The Morgan fingerprint density at radius 3 is 2.85 bits per heavy atom. The molecule has 0 bridgehead atoms. The number of hydrogen-bond donors (Lipinski definition) is 1. The molecule has 3 rings (SSSR count). The minimum Gasteiger partial charge on any atom is -0.476 e. The molecule has 2 aromatic rings. The number of halogens is 1. The molecule has 0 radical (unpaired) electrons. The summed E-state index contributed by atoms with van der Waals surface area (Å²) in [6.07, 6.45) is 0.886. The second-order valence-electron chi connectivity index (χ2n) is 6.33. The molecule has 1 aliphatic rings. The van der Waals surface area contributed by atoms with Gasteiger partial charge in [0, 0.05) is 18.0 Å². The molecule has 138 valence electrons. The third-order valence-corrected chi connectivity index (χ3v) is 5.13. The predicted molar refractivity (Wildman–Crippen MR) is 101 cm³/mol. The number of nitrogens with one attached hydrogen (secondary N) is 1. The Bertz CT molecular complexity index is 852. The lowest BCUT2D eigenvalue weighted by Crippen LogP contribution is -2.53. The lowest BCUT2D eigenvalue weighted by atomic mass is 10.0. The molecule has 1 aromatic carbocycles. The average molecular weight is 395 g/mol. The van der Waals surface area contributed by atoms with Crippen LogP contribution in [0.5, 0.6) is 5.75 Å². The van der Waals surface area contributed by atoms with Gasteiger partial charge in [-0.1, -0.05) is 29.9 Å². The van der Waals surface area contributed by atoms with Crippen LogP contribution >= 0.6 is 22.9 Å². The van der Waals surface area contributed by atoms with Gasteiger partial charge in [0.15, 0.2) is 5.60 Å². The smallest absolute Gasteiger partial charge is 0.270 e. The summed E-state index contributed by atoms with van der Waals surface area (Å²) in [6, 6.07) is 5.10.